The Morgan fingerprint density at radius 1 is 0.944 bits per heavy atom. The third-order valence-electron chi connectivity index (χ3n) is 5.64. The van der Waals surface area contributed by atoms with E-state index in [9.17, 15) is 4.79 Å². The van der Waals surface area contributed by atoms with Crippen molar-refractivity contribution in [3.8, 4) is 5.75 Å². The summed E-state index contributed by atoms with van der Waals surface area (Å²) in [5, 5.41) is 0.923. The average Bonchev–Trinajstić information content (AvgIpc) is 3.26. The molecule has 6 nitrogen and oxygen atoms in total. The maximum atomic E-state index is 12.2. The molecular formula is C29H32N2O4S. The molecule has 0 saturated heterocycles. The summed E-state index contributed by atoms with van der Waals surface area (Å²) in [6, 6.07) is 23.9. The Morgan fingerprint density at radius 2 is 1.75 bits per heavy atom. The van der Waals surface area contributed by atoms with E-state index in [4.69, 9.17) is 19.2 Å². The predicted octanol–water partition coefficient (Wildman–Crippen LogP) is 6.51. The number of hydrogen-bond acceptors (Lipinski definition) is 6. The first-order valence-electron chi connectivity index (χ1n) is 12.3. The van der Waals surface area contributed by atoms with Gasteiger partial charge < -0.3 is 18.8 Å². The molecule has 0 radical (unpaired) electrons. The standard InChI is InChI=1S/C29H32N2O4S/c1-3-33-18-8-17-31-27-16-13-24(28(32)34-4-2)19-26(27)30-29(31)36-21-23-11-14-25(15-12-23)35-20-22-9-6-5-7-10-22/h5-7,9-16,19H,3-4,8,17-18,20-21H2,1-2H3. The number of hydrogen-bond donors (Lipinski definition) is 0. The molecule has 4 rings (SSSR count). The van der Waals surface area contributed by atoms with E-state index in [0.717, 1.165) is 46.2 Å². The van der Waals surface area contributed by atoms with E-state index < -0.39 is 0 Å². The summed E-state index contributed by atoms with van der Waals surface area (Å²) in [4.78, 5) is 17.1. The van der Waals surface area contributed by atoms with Gasteiger partial charge in [0.2, 0.25) is 0 Å². The summed E-state index contributed by atoms with van der Waals surface area (Å²) in [5.74, 6) is 1.30. The maximum Gasteiger partial charge on any atom is 0.338 e. The Kier molecular flexibility index (Phi) is 9.41. The van der Waals surface area contributed by atoms with Gasteiger partial charge in [0.05, 0.1) is 23.2 Å². The number of imidazole rings is 1. The lowest BCUT2D eigenvalue weighted by Crippen LogP contribution is -2.05. The van der Waals surface area contributed by atoms with E-state index in [0.29, 0.717) is 32.0 Å². The third-order valence-corrected chi connectivity index (χ3v) is 6.69. The van der Waals surface area contributed by atoms with Gasteiger partial charge in [-0.1, -0.05) is 54.2 Å². The molecule has 0 saturated carbocycles. The summed E-state index contributed by atoms with van der Waals surface area (Å²) in [7, 11) is 0. The van der Waals surface area contributed by atoms with Gasteiger partial charge in [0, 0.05) is 25.5 Å². The van der Waals surface area contributed by atoms with Crippen LogP contribution in [0, 0.1) is 0 Å². The highest BCUT2D eigenvalue weighted by Gasteiger charge is 2.15. The number of carbonyl (C=O) groups is 1. The molecule has 0 unspecified atom stereocenters. The molecule has 3 aromatic carbocycles. The molecule has 0 bridgehead atoms. The van der Waals surface area contributed by atoms with Crippen LogP contribution in [-0.2, 0) is 28.4 Å². The monoisotopic (exact) mass is 504 g/mol. The molecule has 0 fully saturated rings. The zero-order valence-electron chi connectivity index (χ0n) is 20.8. The van der Waals surface area contributed by atoms with Crippen molar-refractivity contribution < 1.29 is 19.0 Å². The van der Waals surface area contributed by atoms with Crippen LogP contribution in [0.15, 0.2) is 78.0 Å². The number of aromatic nitrogens is 2. The third kappa shape index (κ3) is 6.89. The van der Waals surface area contributed by atoms with Gasteiger partial charge in [-0.15, -0.1) is 0 Å². The summed E-state index contributed by atoms with van der Waals surface area (Å²) in [6.07, 6.45) is 0.889. The largest absolute Gasteiger partial charge is 0.489 e. The van der Waals surface area contributed by atoms with Crippen LogP contribution in [0.5, 0.6) is 5.75 Å². The van der Waals surface area contributed by atoms with Crippen molar-refractivity contribution in [3.63, 3.8) is 0 Å². The SMILES string of the molecule is CCOCCCn1c(SCc2ccc(OCc3ccccc3)cc2)nc2cc(C(=O)OCC)ccc21. The molecule has 0 aliphatic heterocycles. The molecule has 1 aromatic heterocycles. The minimum atomic E-state index is -0.325. The lowest BCUT2D eigenvalue weighted by atomic mass is 10.2. The molecule has 4 aromatic rings. The second-order valence-electron chi connectivity index (χ2n) is 8.23. The number of ether oxygens (including phenoxy) is 3. The smallest absolute Gasteiger partial charge is 0.338 e. The van der Waals surface area contributed by atoms with Crippen molar-refractivity contribution >= 4 is 28.8 Å². The zero-order valence-corrected chi connectivity index (χ0v) is 21.6. The van der Waals surface area contributed by atoms with E-state index in [1.807, 2.05) is 55.5 Å². The minimum Gasteiger partial charge on any atom is -0.489 e. The van der Waals surface area contributed by atoms with Gasteiger partial charge in [-0.25, -0.2) is 9.78 Å². The average molecular weight is 505 g/mol. The Balaban J connectivity index is 1.45. The Morgan fingerprint density at radius 3 is 2.50 bits per heavy atom. The van der Waals surface area contributed by atoms with Crippen LogP contribution >= 0.6 is 11.8 Å². The fraction of sp³-hybridized carbons (Fsp3) is 0.310. The summed E-state index contributed by atoms with van der Waals surface area (Å²) in [6.45, 7) is 6.91. The number of aryl methyl sites for hydroxylation is 1. The zero-order chi connectivity index (χ0) is 25.2. The Labute approximate surface area is 216 Å². The van der Waals surface area contributed by atoms with Gasteiger partial charge in [-0.2, -0.15) is 0 Å². The molecule has 7 heteroatoms. The highest BCUT2D eigenvalue weighted by Crippen LogP contribution is 2.29. The molecule has 1 heterocycles. The maximum absolute atomic E-state index is 12.2. The van der Waals surface area contributed by atoms with Crippen molar-refractivity contribution in [1.82, 2.24) is 9.55 Å². The number of nitrogens with zero attached hydrogens (tertiary/aromatic N) is 2. The van der Waals surface area contributed by atoms with Gasteiger partial charge in [-0.05, 0) is 61.7 Å². The second kappa shape index (κ2) is 13.1. The van der Waals surface area contributed by atoms with Crippen molar-refractivity contribution in [2.75, 3.05) is 19.8 Å². The van der Waals surface area contributed by atoms with E-state index >= 15 is 0 Å². The summed E-state index contributed by atoms with van der Waals surface area (Å²) >= 11 is 1.68. The van der Waals surface area contributed by atoms with Gasteiger partial charge >= 0.3 is 5.97 Å². The van der Waals surface area contributed by atoms with Crippen LogP contribution < -0.4 is 4.74 Å². The second-order valence-corrected chi connectivity index (χ2v) is 9.17. The quantitative estimate of drug-likeness (QED) is 0.117. The first-order valence-corrected chi connectivity index (χ1v) is 13.3. The first kappa shape index (κ1) is 25.8. The lowest BCUT2D eigenvalue weighted by molar-refractivity contribution is 0.0526. The molecule has 0 N–H and O–H groups in total. The van der Waals surface area contributed by atoms with Crippen molar-refractivity contribution in [2.45, 2.75) is 44.3 Å². The minimum absolute atomic E-state index is 0.325. The molecule has 0 atom stereocenters. The van der Waals surface area contributed by atoms with Crippen LogP contribution in [-0.4, -0.2) is 35.3 Å². The van der Waals surface area contributed by atoms with Crippen molar-refractivity contribution in [3.05, 3.63) is 89.5 Å². The van der Waals surface area contributed by atoms with Crippen LogP contribution in [0.2, 0.25) is 0 Å². The lowest BCUT2D eigenvalue weighted by Gasteiger charge is -2.10. The summed E-state index contributed by atoms with van der Waals surface area (Å²) in [5.41, 5.74) is 4.65. The van der Waals surface area contributed by atoms with E-state index in [1.54, 1.807) is 18.7 Å². The van der Waals surface area contributed by atoms with Gasteiger partial charge in [0.25, 0.3) is 0 Å². The fourth-order valence-corrected chi connectivity index (χ4v) is 4.81. The highest BCUT2D eigenvalue weighted by molar-refractivity contribution is 7.98. The van der Waals surface area contributed by atoms with Crippen LogP contribution in [0.1, 0.15) is 41.8 Å². The molecule has 36 heavy (non-hydrogen) atoms. The molecule has 0 aliphatic carbocycles. The fourth-order valence-electron chi connectivity index (χ4n) is 3.82. The number of fused-ring (bicyclic) bond motifs is 1. The number of carbonyl (C=O) groups excluding carboxylic acids is 1. The Hall–Kier alpha value is -3.29. The first-order chi connectivity index (χ1) is 17.7. The highest BCUT2D eigenvalue weighted by atomic mass is 32.2. The molecule has 0 aliphatic rings. The van der Waals surface area contributed by atoms with E-state index in [-0.39, 0.29) is 5.97 Å². The van der Waals surface area contributed by atoms with Crippen molar-refractivity contribution in [2.24, 2.45) is 0 Å². The Bertz CT molecular complexity index is 1260. The van der Waals surface area contributed by atoms with E-state index in [1.165, 1.54) is 5.56 Å². The molecule has 188 valence electrons. The van der Waals surface area contributed by atoms with Crippen LogP contribution in [0.3, 0.4) is 0 Å². The number of esters is 1. The topological polar surface area (TPSA) is 62.6 Å². The van der Waals surface area contributed by atoms with Gasteiger partial charge in [0.1, 0.15) is 12.4 Å². The van der Waals surface area contributed by atoms with Gasteiger partial charge in [-0.3, -0.25) is 0 Å². The van der Waals surface area contributed by atoms with Crippen molar-refractivity contribution in [1.29, 1.82) is 0 Å². The normalized spacial score (nSPS) is 11.1. The van der Waals surface area contributed by atoms with Gasteiger partial charge in [0.15, 0.2) is 5.16 Å². The predicted molar refractivity (Wildman–Crippen MR) is 144 cm³/mol. The van der Waals surface area contributed by atoms with E-state index in [2.05, 4.69) is 28.8 Å². The molecule has 0 spiro atoms. The van der Waals surface area contributed by atoms with Crippen LogP contribution in [0.25, 0.3) is 11.0 Å². The molecular weight excluding hydrogens is 472 g/mol. The molecule has 0 amide bonds. The van der Waals surface area contributed by atoms with Crippen LogP contribution in [0.4, 0.5) is 0 Å². The number of thioether (sulfide) groups is 1. The number of rotatable bonds is 13. The number of benzene rings is 3. The summed E-state index contributed by atoms with van der Waals surface area (Å²) < 4.78 is 18.8.